The van der Waals surface area contributed by atoms with Crippen molar-refractivity contribution in [2.75, 3.05) is 31.5 Å². The standard InChI is InChI=1S/C29H35N3O5S/c1-21-17-32(22(2)20-33)29(34)25-15-10-16-26(30-38(35,36)24-13-8-5-9-14-24)28(25)37-27(21)19-31(3)18-23-11-6-4-7-12-23/h4-16,21-22,27,30,33H,17-20H2,1-3H3/t21-,22-,27+/m0/s1. The van der Waals surface area contributed by atoms with Crippen LogP contribution in [-0.4, -0.2) is 68.1 Å². The van der Waals surface area contributed by atoms with Gasteiger partial charge in [-0.15, -0.1) is 0 Å². The number of carbonyl (C=O) groups is 1. The predicted octanol–water partition coefficient (Wildman–Crippen LogP) is 3.84. The first-order chi connectivity index (χ1) is 18.2. The second-order valence-corrected chi connectivity index (χ2v) is 11.6. The van der Waals surface area contributed by atoms with Crippen molar-refractivity contribution in [1.29, 1.82) is 0 Å². The number of likely N-dealkylation sites (N-methyl/N-ethyl adjacent to an activating group) is 1. The van der Waals surface area contributed by atoms with Gasteiger partial charge in [-0.05, 0) is 43.8 Å². The van der Waals surface area contributed by atoms with Gasteiger partial charge >= 0.3 is 0 Å². The Morgan fingerprint density at radius 3 is 2.37 bits per heavy atom. The summed E-state index contributed by atoms with van der Waals surface area (Å²) in [6, 6.07) is 22.6. The minimum atomic E-state index is -3.92. The highest BCUT2D eigenvalue weighted by molar-refractivity contribution is 7.92. The summed E-state index contributed by atoms with van der Waals surface area (Å²) in [4.78, 5) is 17.5. The lowest BCUT2D eigenvalue weighted by molar-refractivity contribution is 0.0344. The number of anilines is 1. The van der Waals surface area contributed by atoms with Crippen LogP contribution in [-0.2, 0) is 16.6 Å². The van der Waals surface area contributed by atoms with Crippen LogP contribution in [0.4, 0.5) is 5.69 Å². The van der Waals surface area contributed by atoms with Gasteiger partial charge in [0.05, 0.1) is 28.8 Å². The van der Waals surface area contributed by atoms with Crippen molar-refractivity contribution in [3.05, 3.63) is 90.0 Å². The van der Waals surface area contributed by atoms with Gasteiger partial charge in [-0.3, -0.25) is 14.4 Å². The van der Waals surface area contributed by atoms with Crippen molar-refractivity contribution >= 4 is 21.6 Å². The maximum absolute atomic E-state index is 13.6. The summed E-state index contributed by atoms with van der Waals surface area (Å²) in [5.74, 6) is -0.222. The van der Waals surface area contributed by atoms with Gasteiger partial charge in [-0.25, -0.2) is 8.42 Å². The second-order valence-electron chi connectivity index (χ2n) is 9.91. The van der Waals surface area contributed by atoms with E-state index >= 15 is 0 Å². The molecule has 0 aromatic heterocycles. The third kappa shape index (κ3) is 6.35. The first-order valence-electron chi connectivity index (χ1n) is 12.7. The van der Waals surface area contributed by atoms with Crippen LogP contribution < -0.4 is 9.46 Å². The third-order valence-corrected chi connectivity index (χ3v) is 8.16. The van der Waals surface area contributed by atoms with E-state index in [4.69, 9.17) is 4.74 Å². The molecule has 0 bridgehead atoms. The largest absolute Gasteiger partial charge is 0.486 e. The van der Waals surface area contributed by atoms with E-state index in [2.05, 4.69) is 21.8 Å². The molecule has 1 heterocycles. The number of ether oxygens (including phenoxy) is 1. The molecule has 0 fully saturated rings. The molecule has 3 aromatic rings. The van der Waals surface area contributed by atoms with Crippen LogP contribution >= 0.6 is 0 Å². The molecular formula is C29H35N3O5S. The first kappa shape index (κ1) is 27.6. The minimum absolute atomic E-state index is 0.0990. The number of fused-ring (bicyclic) bond motifs is 1. The number of nitrogens with one attached hydrogen (secondary N) is 1. The van der Waals surface area contributed by atoms with Gasteiger partial charge in [-0.1, -0.05) is 61.5 Å². The number of sulfonamides is 1. The van der Waals surface area contributed by atoms with Gasteiger partial charge < -0.3 is 14.7 Å². The molecule has 0 saturated carbocycles. The van der Waals surface area contributed by atoms with Gasteiger partial charge in [0.25, 0.3) is 15.9 Å². The number of aliphatic hydroxyl groups is 1. The summed E-state index contributed by atoms with van der Waals surface area (Å²) in [6.45, 7) is 5.26. The van der Waals surface area contributed by atoms with Crippen LogP contribution in [0.1, 0.15) is 29.8 Å². The Bertz CT molecular complexity index is 1330. The average molecular weight is 538 g/mol. The summed E-state index contributed by atoms with van der Waals surface area (Å²) >= 11 is 0. The van der Waals surface area contributed by atoms with Crippen LogP contribution in [0.25, 0.3) is 0 Å². The molecule has 3 atom stereocenters. The van der Waals surface area contributed by atoms with E-state index < -0.39 is 16.1 Å². The van der Waals surface area contributed by atoms with E-state index in [0.29, 0.717) is 19.6 Å². The Morgan fingerprint density at radius 2 is 1.71 bits per heavy atom. The zero-order valence-corrected chi connectivity index (χ0v) is 22.8. The predicted molar refractivity (Wildman–Crippen MR) is 148 cm³/mol. The Morgan fingerprint density at radius 1 is 1.05 bits per heavy atom. The van der Waals surface area contributed by atoms with Gasteiger partial charge in [0.15, 0.2) is 5.75 Å². The van der Waals surface area contributed by atoms with Crippen LogP contribution in [0.15, 0.2) is 83.8 Å². The van der Waals surface area contributed by atoms with Crippen molar-refractivity contribution < 1.29 is 23.1 Å². The number of para-hydroxylation sites is 1. The van der Waals surface area contributed by atoms with Crippen LogP contribution in [0.2, 0.25) is 0 Å². The zero-order valence-electron chi connectivity index (χ0n) is 21.9. The summed E-state index contributed by atoms with van der Waals surface area (Å²) in [6.07, 6.45) is -0.355. The van der Waals surface area contributed by atoms with Crippen LogP contribution in [0.5, 0.6) is 5.75 Å². The number of nitrogens with zero attached hydrogens (tertiary/aromatic N) is 2. The molecule has 0 unspecified atom stereocenters. The van der Waals surface area contributed by atoms with Gasteiger partial charge in [-0.2, -0.15) is 0 Å². The van der Waals surface area contributed by atoms with E-state index in [1.54, 1.807) is 48.2 Å². The molecule has 4 rings (SSSR count). The zero-order chi connectivity index (χ0) is 27.3. The molecular weight excluding hydrogens is 502 g/mol. The molecule has 1 aliphatic rings. The molecule has 0 radical (unpaired) electrons. The smallest absolute Gasteiger partial charge is 0.262 e. The molecule has 2 N–H and O–H groups in total. The lowest BCUT2D eigenvalue weighted by Crippen LogP contribution is -2.49. The number of rotatable bonds is 9. The summed E-state index contributed by atoms with van der Waals surface area (Å²) in [5, 5.41) is 9.89. The Balaban J connectivity index is 1.71. The number of hydrogen-bond acceptors (Lipinski definition) is 6. The lowest BCUT2D eigenvalue weighted by atomic mass is 9.99. The fraction of sp³-hybridized carbons (Fsp3) is 0.345. The highest BCUT2D eigenvalue weighted by Crippen LogP contribution is 2.36. The quantitative estimate of drug-likeness (QED) is 0.430. The highest BCUT2D eigenvalue weighted by Gasteiger charge is 2.35. The van der Waals surface area contributed by atoms with Crippen molar-refractivity contribution in [2.24, 2.45) is 5.92 Å². The maximum atomic E-state index is 13.6. The van der Waals surface area contributed by atoms with E-state index in [1.165, 1.54) is 12.1 Å². The monoisotopic (exact) mass is 537 g/mol. The first-order valence-corrected chi connectivity index (χ1v) is 14.2. The number of aliphatic hydroxyl groups excluding tert-OH is 1. The Kier molecular flexibility index (Phi) is 8.71. The van der Waals surface area contributed by atoms with Crippen molar-refractivity contribution in [1.82, 2.24) is 9.80 Å². The second kappa shape index (κ2) is 12.0. The molecule has 0 saturated heterocycles. The Labute approximate surface area is 224 Å². The van der Waals surface area contributed by atoms with Gasteiger partial charge in [0.1, 0.15) is 6.10 Å². The Hall–Kier alpha value is -3.40. The number of carbonyl (C=O) groups excluding carboxylic acids is 1. The van der Waals surface area contributed by atoms with Crippen molar-refractivity contribution in [2.45, 2.75) is 37.4 Å². The molecule has 38 heavy (non-hydrogen) atoms. The molecule has 0 aliphatic carbocycles. The molecule has 1 aliphatic heterocycles. The van der Waals surface area contributed by atoms with E-state index in [1.807, 2.05) is 32.2 Å². The molecule has 3 aromatic carbocycles. The number of hydrogen-bond donors (Lipinski definition) is 2. The van der Waals surface area contributed by atoms with Crippen molar-refractivity contribution in [3.8, 4) is 5.75 Å². The van der Waals surface area contributed by atoms with E-state index in [0.717, 1.165) is 5.56 Å². The van der Waals surface area contributed by atoms with Crippen molar-refractivity contribution in [3.63, 3.8) is 0 Å². The molecule has 9 heteroatoms. The highest BCUT2D eigenvalue weighted by atomic mass is 32.2. The normalized spacial score (nSPS) is 18.8. The molecule has 8 nitrogen and oxygen atoms in total. The number of benzene rings is 3. The van der Waals surface area contributed by atoms with Gasteiger partial charge in [0, 0.05) is 25.6 Å². The number of amides is 1. The summed E-state index contributed by atoms with van der Waals surface area (Å²) < 4.78 is 35.5. The fourth-order valence-corrected chi connectivity index (χ4v) is 5.70. The average Bonchev–Trinajstić information content (AvgIpc) is 2.91. The SMILES string of the molecule is C[C@H]1CN([C@@H](C)CO)C(=O)c2cccc(NS(=O)(=O)c3ccccc3)c2O[C@@H]1CN(C)Cc1ccccc1. The van der Waals surface area contributed by atoms with Gasteiger partial charge in [0.2, 0.25) is 0 Å². The summed E-state index contributed by atoms with van der Waals surface area (Å²) in [5.41, 5.74) is 1.61. The van der Waals surface area contributed by atoms with Crippen LogP contribution in [0, 0.1) is 5.92 Å². The minimum Gasteiger partial charge on any atom is -0.486 e. The fourth-order valence-electron chi connectivity index (χ4n) is 4.61. The topological polar surface area (TPSA) is 99.2 Å². The molecule has 0 spiro atoms. The van der Waals surface area contributed by atoms with Crippen LogP contribution in [0.3, 0.4) is 0 Å². The third-order valence-electron chi connectivity index (χ3n) is 6.78. The lowest BCUT2D eigenvalue weighted by Gasteiger charge is -2.38. The van der Waals surface area contributed by atoms with E-state index in [9.17, 15) is 18.3 Å². The maximum Gasteiger partial charge on any atom is 0.262 e. The molecule has 202 valence electrons. The molecule has 1 amide bonds. The van der Waals surface area contributed by atoms with E-state index in [-0.39, 0.29) is 46.4 Å². The summed E-state index contributed by atoms with van der Waals surface area (Å²) in [7, 11) is -1.91.